The highest BCUT2D eigenvalue weighted by atomic mass is 127. The largest absolute Gasteiger partial charge is 0.365 e. The van der Waals surface area contributed by atoms with E-state index in [0.717, 1.165) is 9.39 Å². The van der Waals surface area contributed by atoms with Crippen molar-refractivity contribution in [1.82, 2.24) is 9.97 Å². The Morgan fingerprint density at radius 3 is 3.08 bits per heavy atom. The average Bonchev–Trinajstić information content (AvgIpc) is 2.09. The van der Waals surface area contributed by atoms with Crippen molar-refractivity contribution in [2.45, 2.75) is 13.0 Å². The highest BCUT2D eigenvalue weighted by Gasteiger charge is 2.03. The lowest BCUT2D eigenvalue weighted by Crippen LogP contribution is -2.18. The fourth-order valence-electron chi connectivity index (χ4n) is 0.691. The molecule has 66 valence electrons. The molecule has 1 aromatic heterocycles. The number of aromatic nitrogens is 2. The van der Waals surface area contributed by atoms with Gasteiger partial charge in [-0.05, 0) is 29.5 Å². The molecule has 3 nitrogen and oxygen atoms in total. The maximum Gasteiger partial charge on any atom is 0.143 e. The maximum atomic E-state index is 5.65. The van der Waals surface area contributed by atoms with Gasteiger partial charge in [0.15, 0.2) is 0 Å². The Morgan fingerprint density at radius 1 is 1.75 bits per heavy atom. The van der Waals surface area contributed by atoms with Gasteiger partial charge in [-0.2, -0.15) is 0 Å². The molecule has 0 saturated heterocycles. The van der Waals surface area contributed by atoms with Gasteiger partial charge in [-0.1, -0.05) is 0 Å². The van der Waals surface area contributed by atoms with Gasteiger partial charge in [0.1, 0.15) is 12.1 Å². The van der Waals surface area contributed by atoms with E-state index < -0.39 is 0 Å². The van der Waals surface area contributed by atoms with E-state index in [1.807, 2.05) is 6.92 Å². The second-order valence-corrected chi connectivity index (χ2v) is 3.89. The van der Waals surface area contributed by atoms with Gasteiger partial charge in [0.05, 0.1) is 3.57 Å². The standard InChI is InChI=1S/C7H9ClIN3/c1-5(2-8)12-7-6(9)3-10-4-11-7/h3-5H,2H2,1H3,(H,10,11,12). The van der Waals surface area contributed by atoms with Crippen LogP contribution in [-0.4, -0.2) is 21.9 Å². The van der Waals surface area contributed by atoms with Crippen LogP contribution in [0.1, 0.15) is 6.92 Å². The van der Waals surface area contributed by atoms with Crippen LogP contribution in [0.2, 0.25) is 0 Å². The third-order valence-corrected chi connectivity index (χ3v) is 2.53. The summed E-state index contributed by atoms with van der Waals surface area (Å²) in [5.74, 6) is 1.42. The van der Waals surface area contributed by atoms with Gasteiger partial charge in [-0.3, -0.25) is 0 Å². The summed E-state index contributed by atoms with van der Waals surface area (Å²) >= 11 is 7.83. The Balaban J connectivity index is 2.69. The summed E-state index contributed by atoms with van der Waals surface area (Å²) in [5.41, 5.74) is 0. The smallest absolute Gasteiger partial charge is 0.143 e. The summed E-state index contributed by atoms with van der Waals surface area (Å²) < 4.78 is 1.01. The van der Waals surface area contributed by atoms with Crippen LogP contribution in [0.5, 0.6) is 0 Å². The van der Waals surface area contributed by atoms with Gasteiger partial charge >= 0.3 is 0 Å². The molecule has 1 atom stereocenters. The lowest BCUT2D eigenvalue weighted by molar-refractivity contribution is 0.891. The lowest BCUT2D eigenvalue weighted by Gasteiger charge is -2.11. The first-order valence-corrected chi connectivity index (χ1v) is 5.13. The summed E-state index contributed by atoms with van der Waals surface area (Å²) in [6.45, 7) is 2.01. The zero-order valence-corrected chi connectivity index (χ0v) is 9.50. The molecule has 5 heteroatoms. The van der Waals surface area contributed by atoms with Crippen molar-refractivity contribution in [2.75, 3.05) is 11.2 Å². The number of hydrogen-bond donors (Lipinski definition) is 1. The van der Waals surface area contributed by atoms with Crippen molar-refractivity contribution in [2.24, 2.45) is 0 Å². The first-order chi connectivity index (χ1) is 5.74. The van der Waals surface area contributed by atoms with Gasteiger partial charge in [0, 0.05) is 18.1 Å². The highest BCUT2D eigenvalue weighted by molar-refractivity contribution is 14.1. The van der Waals surface area contributed by atoms with Gasteiger partial charge < -0.3 is 5.32 Å². The molecule has 1 unspecified atom stereocenters. The van der Waals surface area contributed by atoms with Crippen molar-refractivity contribution in [3.8, 4) is 0 Å². The number of nitrogens with one attached hydrogen (secondary N) is 1. The molecule has 1 heterocycles. The van der Waals surface area contributed by atoms with E-state index in [1.165, 1.54) is 6.33 Å². The monoisotopic (exact) mass is 297 g/mol. The Bertz CT molecular complexity index is 256. The minimum Gasteiger partial charge on any atom is -0.365 e. The van der Waals surface area contributed by atoms with E-state index in [1.54, 1.807) is 6.20 Å². The molecule has 0 bridgehead atoms. The Labute approximate surface area is 90.1 Å². The van der Waals surface area contributed by atoms with E-state index in [0.29, 0.717) is 5.88 Å². The van der Waals surface area contributed by atoms with E-state index in [4.69, 9.17) is 11.6 Å². The molecule has 0 aliphatic carbocycles. The number of rotatable bonds is 3. The molecular formula is C7H9ClIN3. The van der Waals surface area contributed by atoms with E-state index >= 15 is 0 Å². The number of hydrogen-bond acceptors (Lipinski definition) is 3. The molecule has 1 N–H and O–H groups in total. The zero-order valence-electron chi connectivity index (χ0n) is 6.59. The van der Waals surface area contributed by atoms with E-state index in [9.17, 15) is 0 Å². The fourth-order valence-corrected chi connectivity index (χ4v) is 1.22. The van der Waals surface area contributed by atoms with Crippen LogP contribution in [-0.2, 0) is 0 Å². The summed E-state index contributed by atoms with van der Waals surface area (Å²) in [5, 5.41) is 3.17. The molecule has 0 aliphatic heterocycles. The molecule has 12 heavy (non-hydrogen) atoms. The summed E-state index contributed by atoms with van der Waals surface area (Å²) in [6, 6.07) is 0.232. The second kappa shape index (κ2) is 4.81. The molecule has 1 rings (SSSR count). The molecule has 0 aliphatic rings. The van der Waals surface area contributed by atoms with Crippen LogP contribution in [0.3, 0.4) is 0 Å². The molecular weight excluding hydrogens is 288 g/mol. The third kappa shape index (κ3) is 2.75. The number of halogens is 2. The van der Waals surface area contributed by atoms with Gasteiger partial charge in [-0.15, -0.1) is 11.6 Å². The SMILES string of the molecule is CC(CCl)Nc1ncncc1I. The Kier molecular flexibility index (Phi) is 4.00. The van der Waals surface area contributed by atoms with E-state index in [-0.39, 0.29) is 6.04 Å². The molecule has 0 spiro atoms. The second-order valence-electron chi connectivity index (χ2n) is 2.42. The predicted molar refractivity (Wildman–Crippen MR) is 58.6 cm³/mol. The maximum absolute atomic E-state index is 5.65. The molecule has 0 amide bonds. The predicted octanol–water partition coefficient (Wildman–Crippen LogP) is 2.12. The van der Waals surface area contributed by atoms with Crippen LogP contribution in [0.25, 0.3) is 0 Å². The Hall–Kier alpha value is -0.100. The van der Waals surface area contributed by atoms with Crippen molar-refractivity contribution >= 4 is 40.0 Å². The van der Waals surface area contributed by atoms with Crippen molar-refractivity contribution in [3.05, 3.63) is 16.1 Å². The minimum absolute atomic E-state index is 0.232. The van der Waals surface area contributed by atoms with Crippen LogP contribution >= 0.6 is 34.2 Å². The van der Waals surface area contributed by atoms with Gasteiger partial charge in [0.2, 0.25) is 0 Å². The van der Waals surface area contributed by atoms with Gasteiger partial charge in [0.25, 0.3) is 0 Å². The van der Waals surface area contributed by atoms with Crippen molar-refractivity contribution < 1.29 is 0 Å². The summed E-state index contributed by atoms with van der Waals surface area (Å²) in [7, 11) is 0. The molecule has 0 saturated carbocycles. The third-order valence-electron chi connectivity index (χ3n) is 1.28. The van der Waals surface area contributed by atoms with Crippen molar-refractivity contribution in [3.63, 3.8) is 0 Å². The highest BCUT2D eigenvalue weighted by Crippen LogP contribution is 2.13. The summed E-state index contributed by atoms with van der Waals surface area (Å²) in [6.07, 6.45) is 3.28. The molecule has 0 aromatic carbocycles. The lowest BCUT2D eigenvalue weighted by atomic mass is 10.4. The number of nitrogens with zero attached hydrogens (tertiary/aromatic N) is 2. The number of alkyl halides is 1. The van der Waals surface area contributed by atoms with Crippen LogP contribution < -0.4 is 5.32 Å². The molecule has 0 fully saturated rings. The zero-order chi connectivity index (χ0) is 8.97. The van der Waals surface area contributed by atoms with Crippen LogP contribution in [0.4, 0.5) is 5.82 Å². The van der Waals surface area contributed by atoms with E-state index in [2.05, 4.69) is 37.9 Å². The normalized spacial score (nSPS) is 12.6. The molecule has 1 aromatic rings. The Morgan fingerprint density at radius 2 is 2.50 bits per heavy atom. The van der Waals surface area contributed by atoms with Crippen molar-refractivity contribution in [1.29, 1.82) is 0 Å². The average molecular weight is 298 g/mol. The topological polar surface area (TPSA) is 37.8 Å². The fraction of sp³-hybridized carbons (Fsp3) is 0.429. The number of anilines is 1. The first kappa shape index (κ1) is 9.98. The minimum atomic E-state index is 0.232. The summed E-state index contributed by atoms with van der Waals surface area (Å²) in [4.78, 5) is 7.96. The van der Waals surface area contributed by atoms with Crippen LogP contribution in [0.15, 0.2) is 12.5 Å². The first-order valence-electron chi connectivity index (χ1n) is 3.52. The molecule has 0 radical (unpaired) electrons. The van der Waals surface area contributed by atoms with Crippen LogP contribution in [0, 0.1) is 3.57 Å². The quantitative estimate of drug-likeness (QED) is 0.686. The van der Waals surface area contributed by atoms with Gasteiger partial charge in [-0.25, -0.2) is 9.97 Å².